The fraction of sp³-hybridized carbons (Fsp3) is 0.419. The predicted octanol–water partition coefficient (Wildman–Crippen LogP) is 6.21. The summed E-state index contributed by atoms with van der Waals surface area (Å²) >= 11 is 1.12. The number of thioether (sulfide) groups is 1. The largest absolute Gasteiger partial charge is 0.511 e. The van der Waals surface area contributed by atoms with Crippen LogP contribution < -0.4 is 9.92 Å². The maximum atomic E-state index is 13.5. The Bertz CT molecular complexity index is 1620. The summed E-state index contributed by atoms with van der Waals surface area (Å²) < 4.78 is 38.9. The van der Waals surface area contributed by atoms with Gasteiger partial charge in [-0.1, -0.05) is 58.5 Å². The number of rotatable bonds is 9. The normalized spacial score (nSPS) is 18.0. The number of aliphatic hydroxyl groups is 1. The molecular formula is C31H39N3O6S2. The van der Waals surface area contributed by atoms with Crippen LogP contribution in [0.5, 0.6) is 5.75 Å². The van der Waals surface area contributed by atoms with Crippen LogP contribution in [0.25, 0.3) is 0 Å². The Morgan fingerprint density at radius 1 is 1.21 bits per heavy atom. The maximum Gasteiger partial charge on any atom is 0.373 e. The Hall–Kier alpha value is -3.44. The van der Waals surface area contributed by atoms with Gasteiger partial charge in [0, 0.05) is 36.4 Å². The smallest absolute Gasteiger partial charge is 0.373 e. The lowest BCUT2D eigenvalue weighted by atomic mass is 9.80. The lowest BCUT2D eigenvalue weighted by Crippen LogP contribution is -2.44. The minimum atomic E-state index is -4.18. The Morgan fingerprint density at radius 3 is 2.43 bits per heavy atom. The van der Waals surface area contributed by atoms with Crippen LogP contribution in [0.3, 0.4) is 0 Å². The van der Waals surface area contributed by atoms with Crippen molar-refractivity contribution < 1.29 is 27.2 Å². The summed E-state index contributed by atoms with van der Waals surface area (Å²) in [5, 5.41) is 11.0. The first-order chi connectivity index (χ1) is 19.5. The molecule has 3 N–H and O–H groups in total. The van der Waals surface area contributed by atoms with Gasteiger partial charge in [0.1, 0.15) is 22.0 Å². The number of aromatic nitrogens is 2. The van der Waals surface area contributed by atoms with Crippen molar-refractivity contribution in [3.63, 3.8) is 0 Å². The SMILES string of the molecule is Cc1cc(SC2=C(O)CC(CCc3ccc(N)cc3)(C(C)C)OC2=O)c(C(C)(C)C)cc1OS(=O)(=O)c1nccn1C. The van der Waals surface area contributed by atoms with E-state index in [4.69, 9.17) is 14.7 Å². The fourth-order valence-corrected chi connectivity index (χ4v) is 7.26. The third kappa shape index (κ3) is 6.62. The maximum absolute atomic E-state index is 13.5. The van der Waals surface area contributed by atoms with E-state index in [-0.39, 0.29) is 33.9 Å². The molecular weight excluding hydrogens is 574 g/mol. The first-order valence-corrected chi connectivity index (χ1v) is 16.0. The summed E-state index contributed by atoms with van der Waals surface area (Å²) in [5.41, 5.74) is 7.56. The topological polar surface area (TPSA) is 134 Å². The van der Waals surface area contributed by atoms with Gasteiger partial charge in [0.05, 0.1) is 0 Å². The van der Waals surface area contributed by atoms with E-state index in [1.54, 1.807) is 26.1 Å². The van der Waals surface area contributed by atoms with Crippen LogP contribution >= 0.6 is 11.8 Å². The summed E-state index contributed by atoms with van der Waals surface area (Å²) in [4.78, 5) is 18.2. The molecule has 11 heteroatoms. The van der Waals surface area contributed by atoms with Crippen molar-refractivity contribution in [2.75, 3.05) is 5.73 Å². The summed E-state index contributed by atoms with van der Waals surface area (Å²) in [6, 6.07) is 11.0. The molecule has 0 saturated carbocycles. The number of hydrogen-bond donors (Lipinski definition) is 2. The van der Waals surface area contributed by atoms with Gasteiger partial charge in [0.25, 0.3) is 5.16 Å². The van der Waals surface area contributed by atoms with Crippen LogP contribution in [-0.2, 0) is 38.5 Å². The molecule has 42 heavy (non-hydrogen) atoms. The molecule has 2 heterocycles. The highest BCUT2D eigenvalue weighted by Gasteiger charge is 2.44. The molecule has 1 aliphatic rings. The van der Waals surface area contributed by atoms with Gasteiger partial charge < -0.3 is 24.3 Å². The Kier molecular flexibility index (Phi) is 8.76. The number of nitrogen functional groups attached to an aromatic ring is 1. The zero-order valence-corrected chi connectivity index (χ0v) is 26.7. The standard InChI is InChI=1S/C31H39N3O6S2/c1-19(2)31(13-12-21-8-10-22(32)11-9-21)18-24(35)27(28(36)39-31)41-26-16-20(3)25(17-23(26)30(4,5)6)40-42(37,38)29-33-14-15-34(29)7/h8-11,14-17,19,35H,12-13,18,32H2,1-7H3. The molecule has 1 unspecified atom stereocenters. The van der Waals surface area contributed by atoms with E-state index in [1.165, 1.54) is 17.0 Å². The van der Waals surface area contributed by atoms with Gasteiger partial charge in [0.2, 0.25) is 0 Å². The predicted molar refractivity (Wildman–Crippen MR) is 164 cm³/mol. The highest BCUT2D eigenvalue weighted by atomic mass is 32.2. The molecule has 0 bridgehead atoms. The van der Waals surface area contributed by atoms with Crippen molar-refractivity contribution in [1.29, 1.82) is 0 Å². The summed E-state index contributed by atoms with van der Waals surface area (Å²) in [6.45, 7) is 11.6. The van der Waals surface area contributed by atoms with E-state index in [2.05, 4.69) is 4.98 Å². The van der Waals surface area contributed by atoms with Crippen LogP contribution in [0.15, 0.2) is 69.5 Å². The monoisotopic (exact) mass is 613 g/mol. The second-order valence-electron chi connectivity index (χ2n) is 12.1. The van der Waals surface area contributed by atoms with Crippen molar-refractivity contribution in [1.82, 2.24) is 9.55 Å². The molecule has 1 atom stereocenters. The minimum absolute atomic E-state index is 0.0162. The Labute approximate surface area is 252 Å². The number of imidazole rings is 1. The molecule has 226 valence electrons. The molecule has 1 aliphatic heterocycles. The number of aliphatic hydroxyl groups excluding tert-OH is 1. The van der Waals surface area contributed by atoms with Gasteiger partial charge >= 0.3 is 16.1 Å². The van der Waals surface area contributed by atoms with Crippen molar-refractivity contribution in [3.05, 3.63) is 76.1 Å². The molecule has 0 spiro atoms. The molecule has 0 aliphatic carbocycles. The quantitative estimate of drug-likeness (QED) is 0.164. The minimum Gasteiger partial charge on any atom is -0.511 e. The highest BCUT2D eigenvalue weighted by molar-refractivity contribution is 8.04. The van der Waals surface area contributed by atoms with E-state index < -0.39 is 27.1 Å². The lowest BCUT2D eigenvalue weighted by Gasteiger charge is -2.40. The average molecular weight is 614 g/mol. The molecule has 2 aromatic carbocycles. The zero-order chi connectivity index (χ0) is 31.0. The molecule has 0 fully saturated rings. The van der Waals surface area contributed by atoms with E-state index in [0.29, 0.717) is 29.0 Å². The van der Waals surface area contributed by atoms with Crippen LogP contribution in [-0.4, -0.2) is 34.6 Å². The summed E-state index contributed by atoms with van der Waals surface area (Å²) in [6.07, 6.45) is 4.32. The van der Waals surface area contributed by atoms with Crippen LogP contribution in [0, 0.1) is 12.8 Å². The van der Waals surface area contributed by atoms with Gasteiger partial charge in [-0.15, -0.1) is 0 Å². The van der Waals surface area contributed by atoms with Gasteiger partial charge in [-0.3, -0.25) is 0 Å². The number of carbonyl (C=O) groups is 1. The highest BCUT2D eigenvalue weighted by Crippen LogP contribution is 2.46. The van der Waals surface area contributed by atoms with Gasteiger partial charge in [-0.05, 0) is 72.1 Å². The third-order valence-electron chi connectivity index (χ3n) is 7.58. The number of cyclic esters (lactones) is 1. The van der Waals surface area contributed by atoms with Gasteiger partial charge in [-0.25, -0.2) is 9.78 Å². The molecule has 0 radical (unpaired) electrons. The van der Waals surface area contributed by atoms with Gasteiger partial charge in [-0.2, -0.15) is 8.42 Å². The summed E-state index contributed by atoms with van der Waals surface area (Å²) in [7, 11) is -2.60. The van der Waals surface area contributed by atoms with E-state index >= 15 is 0 Å². The number of carbonyl (C=O) groups excluding carboxylic acids is 1. The number of anilines is 1. The Balaban J connectivity index is 1.64. The molecule has 4 rings (SSSR count). The molecule has 1 aromatic heterocycles. The molecule has 0 saturated heterocycles. The van der Waals surface area contributed by atoms with E-state index in [0.717, 1.165) is 22.9 Å². The number of esters is 1. The Morgan fingerprint density at radius 2 is 1.88 bits per heavy atom. The number of aryl methyl sites for hydroxylation is 3. The molecule has 9 nitrogen and oxygen atoms in total. The van der Waals surface area contributed by atoms with Crippen molar-refractivity contribution in [2.24, 2.45) is 13.0 Å². The van der Waals surface area contributed by atoms with Crippen LogP contribution in [0.2, 0.25) is 0 Å². The zero-order valence-electron chi connectivity index (χ0n) is 25.1. The van der Waals surface area contributed by atoms with Crippen LogP contribution in [0.4, 0.5) is 5.69 Å². The molecule has 3 aromatic rings. The van der Waals surface area contributed by atoms with E-state index in [1.807, 2.05) is 58.9 Å². The number of nitrogens with two attached hydrogens (primary N) is 1. The van der Waals surface area contributed by atoms with Crippen molar-refractivity contribution in [2.45, 2.75) is 81.9 Å². The fourth-order valence-electron chi connectivity index (χ4n) is 4.92. The number of ether oxygens (including phenoxy) is 1. The summed E-state index contributed by atoms with van der Waals surface area (Å²) in [5.74, 6) is -0.464. The molecule has 0 amide bonds. The third-order valence-corrected chi connectivity index (χ3v) is 9.98. The number of nitrogens with zero attached hydrogens (tertiary/aromatic N) is 2. The first-order valence-electron chi connectivity index (χ1n) is 13.8. The number of benzene rings is 2. The average Bonchev–Trinajstić information content (AvgIpc) is 3.33. The van der Waals surface area contributed by atoms with Crippen molar-refractivity contribution in [3.8, 4) is 5.75 Å². The first kappa shape index (κ1) is 31.5. The number of hydrogen-bond acceptors (Lipinski definition) is 9. The van der Waals surface area contributed by atoms with Gasteiger partial charge in [0.15, 0.2) is 0 Å². The second-order valence-corrected chi connectivity index (χ2v) is 14.6. The lowest BCUT2D eigenvalue weighted by molar-refractivity contribution is -0.164. The van der Waals surface area contributed by atoms with E-state index in [9.17, 15) is 18.3 Å². The second kappa shape index (κ2) is 11.7. The van der Waals surface area contributed by atoms with Crippen molar-refractivity contribution >= 4 is 33.5 Å². The van der Waals surface area contributed by atoms with Crippen LogP contribution in [0.1, 0.15) is 64.2 Å².